The van der Waals surface area contributed by atoms with Gasteiger partial charge in [0.2, 0.25) is 0 Å². The molecule has 0 bridgehead atoms. The number of hydrazone groups is 2. The minimum atomic E-state index is -1.62. The Morgan fingerprint density at radius 2 is 1.90 bits per heavy atom. The van der Waals surface area contributed by atoms with Gasteiger partial charge in [0.15, 0.2) is 0 Å². The van der Waals surface area contributed by atoms with Crippen molar-refractivity contribution >= 4 is 17.6 Å². The van der Waals surface area contributed by atoms with E-state index in [1.807, 2.05) is 30.3 Å². The first-order chi connectivity index (χ1) is 10.0. The number of hydrogen-bond donors (Lipinski definition) is 5. The van der Waals surface area contributed by atoms with Crippen LogP contribution in [0.1, 0.15) is 0 Å². The van der Waals surface area contributed by atoms with E-state index in [2.05, 4.69) is 10.2 Å². The first-order valence-electron chi connectivity index (χ1n) is 6.26. The van der Waals surface area contributed by atoms with Gasteiger partial charge in [-0.25, -0.2) is 0 Å². The van der Waals surface area contributed by atoms with Crippen LogP contribution in [0.4, 0.5) is 5.69 Å². The zero-order valence-electron chi connectivity index (χ0n) is 11.6. The van der Waals surface area contributed by atoms with Gasteiger partial charge in [0.05, 0.1) is 18.5 Å². The quantitative estimate of drug-likeness (QED) is 0.236. The number of para-hydroxylation sites is 1. The highest BCUT2D eigenvalue weighted by atomic mass is 16.4. The van der Waals surface area contributed by atoms with Crippen LogP contribution >= 0.6 is 0 Å². The summed E-state index contributed by atoms with van der Waals surface area (Å²) in [5.74, 6) is 5.14. The van der Waals surface area contributed by atoms with Crippen molar-refractivity contribution < 1.29 is 20.4 Å². The molecule has 0 amide bonds. The Hall–Kier alpha value is -2.00. The summed E-state index contributed by atoms with van der Waals surface area (Å²) in [5, 5.41) is 46.3. The SMILES string of the molecule is CN(/N=C\C(=N/N)[C@@H](O)[C@H](O)[C@H](O)CO)c1ccccc1. The second kappa shape index (κ2) is 8.32. The average molecular weight is 296 g/mol. The van der Waals surface area contributed by atoms with E-state index in [1.54, 1.807) is 7.05 Å². The third-order valence-electron chi connectivity index (χ3n) is 2.85. The standard InChI is InChI=1S/C13H20N4O4/c1-17(9-5-3-2-4-6-9)15-7-10(16-14)12(20)13(21)11(19)8-18/h2-7,11-13,18-21H,8,14H2,1H3/b15-7-,16-10+/t11-,12-,13-/m1/s1. The molecule has 0 saturated carbocycles. The van der Waals surface area contributed by atoms with Crippen molar-refractivity contribution in [3.05, 3.63) is 30.3 Å². The Bertz CT molecular complexity index is 480. The molecule has 8 nitrogen and oxygen atoms in total. The fourth-order valence-corrected chi connectivity index (χ4v) is 1.54. The molecule has 6 N–H and O–H groups in total. The summed E-state index contributed by atoms with van der Waals surface area (Å²) in [6, 6.07) is 9.21. The number of rotatable bonds is 7. The molecule has 116 valence electrons. The molecule has 0 aliphatic heterocycles. The smallest absolute Gasteiger partial charge is 0.128 e. The van der Waals surface area contributed by atoms with Gasteiger partial charge in [-0.15, -0.1) is 0 Å². The summed E-state index contributed by atoms with van der Waals surface area (Å²) in [6.07, 6.45) is -3.52. The van der Waals surface area contributed by atoms with Crippen LogP contribution in [0.25, 0.3) is 0 Å². The number of nitrogens with zero attached hydrogens (tertiary/aromatic N) is 3. The zero-order valence-corrected chi connectivity index (χ0v) is 11.6. The molecule has 0 heterocycles. The van der Waals surface area contributed by atoms with E-state index < -0.39 is 24.9 Å². The molecule has 0 unspecified atom stereocenters. The van der Waals surface area contributed by atoms with Crippen LogP contribution in [0.3, 0.4) is 0 Å². The Labute approximate surface area is 122 Å². The molecular formula is C13H20N4O4. The van der Waals surface area contributed by atoms with Gasteiger partial charge in [0, 0.05) is 7.05 Å². The lowest BCUT2D eigenvalue weighted by molar-refractivity contribution is -0.0549. The Morgan fingerprint density at radius 3 is 2.43 bits per heavy atom. The monoisotopic (exact) mass is 296 g/mol. The number of hydrogen-bond acceptors (Lipinski definition) is 8. The largest absolute Gasteiger partial charge is 0.394 e. The lowest BCUT2D eigenvalue weighted by atomic mass is 10.0. The van der Waals surface area contributed by atoms with Crippen LogP contribution in [0.5, 0.6) is 0 Å². The van der Waals surface area contributed by atoms with E-state index >= 15 is 0 Å². The predicted molar refractivity (Wildman–Crippen MR) is 80.1 cm³/mol. The topological polar surface area (TPSA) is 135 Å². The third kappa shape index (κ3) is 4.80. The van der Waals surface area contributed by atoms with E-state index in [-0.39, 0.29) is 5.71 Å². The molecule has 1 aromatic rings. The van der Waals surface area contributed by atoms with Gasteiger partial charge in [-0.2, -0.15) is 10.2 Å². The summed E-state index contributed by atoms with van der Waals surface area (Å²) < 4.78 is 0. The van der Waals surface area contributed by atoms with E-state index in [4.69, 9.17) is 10.9 Å². The molecule has 0 aliphatic rings. The van der Waals surface area contributed by atoms with Gasteiger partial charge in [0.25, 0.3) is 0 Å². The van der Waals surface area contributed by atoms with Crippen LogP contribution in [-0.4, -0.2) is 64.3 Å². The summed E-state index contributed by atoms with van der Waals surface area (Å²) in [7, 11) is 1.69. The first kappa shape index (κ1) is 17.1. The highest BCUT2D eigenvalue weighted by Gasteiger charge is 2.27. The minimum Gasteiger partial charge on any atom is -0.394 e. The van der Waals surface area contributed by atoms with Gasteiger partial charge in [-0.1, -0.05) is 18.2 Å². The van der Waals surface area contributed by atoms with E-state index in [0.717, 1.165) is 5.69 Å². The summed E-state index contributed by atoms with van der Waals surface area (Å²) in [5.41, 5.74) is 0.674. The number of benzene rings is 1. The maximum Gasteiger partial charge on any atom is 0.128 e. The summed E-state index contributed by atoms with van der Waals surface area (Å²) in [6.45, 7) is -0.697. The summed E-state index contributed by atoms with van der Waals surface area (Å²) >= 11 is 0. The molecule has 1 rings (SSSR count). The van der Waals surface area contributed by atoms with Crippen molar-refractivity contribution in [3.63, 3.8) is 0 Å². The molecule has 0 saturated heterocycles. The number of aliphatic hydroxyl groups excluding tert-OH is 4. The van der Waals surface area contributed by atoms with Crippen molar-refractivity contribution in [1.29, 1.82) is 0 Å². The maximum atomic E-state index is 9.82. The van der Waals surface area contributed by atoms with Gasteiger partial charge in [-0.3, -0.25) is 5.01 Å². The maximum absolute atomic E-state index is 9.82. The lowest BCUT2D eigenvalue weighted by Crippen LogP contribution is -2.44. The second-order valence-electron chi connectivity index (χ2n) is 4.34. The highest BCUT2D eigenvalue weighted by Crippen LogP contribution is 2.10. The Morgan fingerprint density at radius 1 is 1.29 bits per heavy atom. The van der Waals surface area contributed by atoms with Crippen LogP contribution in [-0.2, 0) is 0 Å². The number of anilines is 1. The van der Waals surface area contributed by atoms with Crippen LogP contribution < -0.4 is 10.9 Å². The molecule has 0 aliphatic carbocycles. The van der Waals surface area contributed by atoms with Crippen LogP contribution in [0.15, 0.2) is 40.5 Å². The van der Waals surface area contributed by atoms with Gasteiger partial charge >= 0.3 is 0 Å². The van der Waals surface area contributed by atoms with Crippen molar-refractivity contribution in [2.75, 3.05) is 18.7 Å². The van der Waals surface area contributed by atoms with Crippen LogP contribution in [0.2, 0.25) is 0 Å². The molecular weight excluding hydrogens is 276 g/mol. The average Bonchev–Trinajstić information content (AvgIpc) is 2.54. The zero-order chi connectivity index (χ0) is 15.8. The number of aliphatic hydroxyl groups is 4. The lowest BCUT2D eigenvalue weighted by Gasteiger charge is -2.21. The van der Waals surface area contributed by atoms with E-state index in [0.29, 0.717) is 0 Å². The molecule has 0 aromatic heterocycles. The molecule has 0 spiro atoms. The Balaban J connectivity index is 2.76. The highest BCUT2D eigenvalue weighted by molar-refractivity contribution is 6.32. The summed E-state index contributed by atoms with van der Waals surface area (Å²) in [4.78, 5) is 0. The molecule has 8 heteroatoms. The van der Waals surface area contributed by atoms with E-state index in [1.165, 1.54) is 11.2 Å². The van der Waals surface area contributed by atoms with Crippen molar-refractivity contribution in [1.82, 2.24) is 0 Å². The Kier molecular flexibility index (Phi) is 6.76. The van der Waals surface area contributed by atoms with Gasteiger partial charge in [0.1, 0.15) is 24.0 Å². The fourth-order valence-electron chi connectivity index (χ4n) is 1.54. The van der Waals surface area contributed by atoms with Crippen molar-refractivity contribution in [3.8, 4) is 0 Å². The normalized spacial score (nSPS) is 16.7. The molecule has 3 atom stereocenters. The minimum absolute atomic E-state index is 0.127. The predicted octanol–water partition coefficient (Wildman–Crippen LogP) is -1.50. The van der Waals surface area contributed by atoms with Gasteiger partial charge in [-0.05, 0) is 12.1 Å². The van der Waals surface area contributed by atoms with Crippen molar-refractivity contribution in [2.45, 2.75) is 18.3 Å². The first-order valence-corrected chi connectivity index (χ1v) is 6.26. The van der Waals surface area contributed by atoms with Crippen LogP contribution in [0, 0.1) is 0 Å². The molecule has 1 aromatic carbocycles. The fraction of sp³-hybridized carbons (Fsp3) is 0.385. The van der Waals surface area contributed by atoms with Crippen molar-refractivity contribution in [2.24, 2.45) is 16.0 Å². The second-order valence-corrected chi connectivity index (χ2v) is 4.34. The third-order valence-corrected chi connectivity index (χ3v) is 2.85. The van der Waals surface area contributed by atoms with E-state index in [9.17, 15) is 15.3 Å². The number of nitrogens with two attached hydrogens (primary N) is 1. The van der Waals surface area contributed by atoms with Gasteiger partial charge < -0.3 is 26.3 Å². The molecule has 21 heavy (non-hydrogen) atoms. The molecule has 0 fully saturated rings. The molecule has 0 radical (unpaired) electrons.